The Morgan fingerprint density at radius 2 is 2.00 bits per heavy atom. The number of urea groups is 1. The maximum absolute atomic E-state index is 13.2. The van der Waals surface area contributed by atoms with E-state index in [9.17, 15) is 14.7 Å². The summed E-state index contributed by atoms with van der Waals surface area (Å²) in [5.41, 5.74) is 5.54. The zero-order chi connectivity index (χ0) is 24.1. The van der Waals surface area contributed by atoms with Crippen LogP contribution in [0.15, 0.2) is 49.4 Å². The van der Waals surface area contributed by atoms with E-state index in [0.29, 0.717) is 48.3 Å². The van der Waals surface area contributed by atoms with Crippen LogP contribution in [0.1, 0.15) is 18.4 Å². The topological polar surface area (TPSA) is 127 Å². The molecular weight excluding hydrogens is 446 g/mol. The minimum absolute atomic E-state index is 0.140. The van der Waals surface area contributed by atoms with Crippen molar-refractivity contribution in [3.05, 3.63) is 55.0 Å². The predicted octanol–water partition coefficient (Wildman–Crippen LogP) is 2.66. The van der Waals surface area contributed by atoms with Gasteiger partial charge in [0.05, 0.1) is 16.9 Å². The number of hydrogen-bond donors (Lipinski definition) is 3. The third-order valence-electron chi connectivity index (χ3n) is 6.74. The second-order valence-electron chi connectivity index (χ2n) is 8.77. The number of fused-ring (bicyclic) bond motifs is 4. The summed E-state index contributed by atoms with van der Waals surface area (Å²) in [4.78, 5) is 45.6. The second-order valence-corrected chi connectivity index (χ2v) is 8.77. The molecule has 176 valence electrons. The standard InChI is InChI=1S/C25H23N7O3/c1-14-18-12-27-20-3-2-19(16-10-15-4-7-26-24(15)28-11-16)30-22(20)23(18)32(25(35)29-14)17-5-8-31(9-6-17)21(34)13-33/h2-4,7,10-12,17,33H,1,5-6,8-9,13H2,(H,26,28)(H,29,35). The number of aliphatic hydroxyl groups excluding tert-OH is 1. The summed E-state index contributed by atoms with van der Waals surface area (Å²) in [5, 5.41) is 13.0. The van der Waals surface area contributed by atoms with Crippen molar-refractivity contribution in [3.8, 4) is 11.3 Å². The van der Waals surface area contributed by atoms with Gasteiger partial charge in [-0.05, 0) is 37.1 Å². The van der Waals surface area contributed by atoms with Crippen LogP contribution in [0, 0.1) is 0 Å². The molecule has 10 nitrogen and oxygen atoms in total. The van der Waals surface area contributed by atoms with Crippen LogP contribution in [0.4, 0.5) is 10.5 Å². The Bertz CT molecular complexity index is 1500. The molecule has 2 aliphatic rings. The largest absolute Gasteiger partial charge is 0.387 e. The number of nitrogens with zero attached hydrogens (tertiary/aromatic N) is 5. The number of likely N-dealkylation sites (tertiary alicyclic amines) is 1. The number of carbonyl (C=O) groups is 2. The molecule has 3 amide bonds. The van der Waals surface area contributed by atoms with Crippen LogP contribution < -0.4 is 10.2 Å². The van der Waals surface area contributed by atoms with E-state index >= 15 is 0 Å². The Hall–Kier alpha value is -4.31. The van der Waals surface area contributed by atoms with E-state index in [2.05, 4.69) is 26.8 Å². The quantitative estimate of drug-likeness (QED) is 0.423. The molecule has 4 aromatic rings. The molecule has 0 bridgehead atoms. The Labute approximate surface area is 200 Å². The molecule has 2 aliphatic heterocycles. The fourth-order valence-corrected chi connectivity index (χ4v) is 4.94. The number of aliphatic hydroxyl groups is 1. The minimum Gasteiger partial charge on any atom is -0.387 e. The Morgan fingerprint density at radius 1 is 1.17 bits per heavy atom. The molecule has 0 atom stereocenters. The van der Waals surface area contributed by atoms with Crippen LogP contribution in [0.2, 0.25) is 0 Å². The Morgan fingerprint density at radius 3 is 2.80 bits per heavy atom. The summed E-state index contributed by atoms with van der Waals surface area (Å²) < 4.78 is 0. The maximum atomic E-state index is 13.2. The third kappa shape index (κ3) is 3.50. The Kier molecular flexibility index (Phi) is 4.96. The molecule has 4 aromatic heterocycles. The molecule has 0 unspecified atom stereocenters. The zero-order valence-electron chi connectivity index (χ0n) is 18.9. The molecule has 10 heteroatoms. The highest BCUT2D eigenvalue weighted by molar-refractivity contribution is 6.11. The first-order valence-corrected chi connectivity index (χ1v) is 11.4. The predicted molar refractivity (Wildman–Crippen MR) is 131 cm³/mol. The lowest BCUT2D eigenvalue weighted by atomic mass is 9.99. The first kappa shape index (κ1) is 21.2. The number of nitrogens with one attached hydrogen (secondary N) is 2. The van der Waals surface area contributed by atoms with Gasteiger partial charge in [0.25, 0.3) is 0 Å². The van der Waals surface area contributed by atoms with Crippen molar-refractivity contribution in [2.75, 3.05) is 24.6 Å². The fourth-order valence-electron chi connectivity index (χ4n) is 4.94. The van der Waals surface area contributed by atoms with Crippen LogP contribution in [0.25, 0.3) is 39.0 Å². The van der Waals surface area contributed by atoms with Gasteiger partial charge in [0.1, 0.15) is 17.8 Å². The Balaban J connectivity index is 1.45. The van der Waals surface area contributed by atoms with Gasteiger partial charge in [0.15, 0.2) is 0 Å². The summed E-state index contributed by atoms with van der Waals surface area (Å²) >= 11 is 0. The first-order valence-electron chi connectivity index (χ1n) is 11.4. The number of hydrogen-bond acceptors (Lipinski definition) is 6. The number of pyridine rings is 3. The number of piperidine rings is 1. The number of carbonyl (C=O) groups excluding carboxylic acids is 2. The average Bonchev–Trinajstić information content (AvgIpc) is 3.36. The van der Waals surface area contributed by atoms with E-state index in [1.54, 1.807) is 22.2 Å². The van der Waals surface area contributed by atoms with Crippen molar-refractivity contribution in [1.82, 2.24) is 30.2 Å². The van der Waals surface area contributed by atoms with Crippen molar-refractivity contribution in [3.63, 3.8) is 0 Å². The number of anilines is 1. The third-order valence-corrected chi connectivity index (χ3v) is 6.74. The molecule has 0 saturated carbocycles. The summed E-state index contributed by atoms with van der Waals surface area (Å²) in [6, 6.07) is 7.36. The van der Waals surface area contributed by atoms with E-state index in [0.717, 1.165) is 27.9 Å². The van der Waals surface area contributed by atoms with Crippen molar-refractivity contribution >= 4 is 45.4 Å². The molecule has 6 heterocycles. The SMILES string of the molecule is C=C1NC(=O)N(C2CCN(C(=O)CO)CC2)c2c1cnc1ccc(-c3cnc4[nH]ccc4c3)nc21. The number of amides is 3. The minimum atomic E-state index is -0.510. The van der Waals surface area contributed by atoms with Crippen LogP contribution in [0.3, 0.4) is 0 Å². The van der Waals surface area contributed by atoms with Crippen LogP contribution in [-0.4, -0.2) is 67.6 Å². The maximum Gasteiger partial charge on any atom is 0.326 e. The molecule has 35 heavy (non-hydrogen) atoms. The number of aromatic nitrogens is 4. The highest BCUT2D eigenvalue weighted by Crippen LogP contribution is 2.38. The highest BCUT2D eigenvalue weighted by atomic mass is 16.3. The monoisotopic (exact) mass is 469 g/mol. The van der Waals surface area contributed by atoms with Gasteiger partial charge in [-0.25, -0.2) is 14.8 Å². The normalized spacial score (nSPS) is 16.6. The lowest BCUT2D eigenvalue weighted by Gasteiger charge is -2.41. The van der Waals surface area contributed by atoms with Crippen molar-refractivity contribution in [2.24, 2.45) is 0 Å². The van der Waals surface area contributed by atoms with Gasteiger partial charge in [-0.3, -0.25) is 14.7 Å². The van der Waals surface area contributed by atoms with Crippen LogP contribution in [0.5, 0.6) is 0 Å². The van der Waals surface area contributed by atoms with Gasteiger partial charge < -0.3 is 20.3 Å². The molecule has 0 spiro atoms. The van der Waals surface area contributed by atoms with Gasteiger partial charge in [0.2, 0.25) is 5.91 Å². The van der Waals surface area contributed by atoms with E-state index in [-0.39, 0.29) is 18.0 Å². The molecule has 1 fully saturated rings. The average molecular weight is 470 g/mol. The van der Waals surface area contributed by atoms with Crippen LogP contribution in [-0.2, 0) is 4.79 Å². The molecule has 3 N–H and O–H groups in total. The molecule has 0 aromatic carbocycles. The van der Waals surface area contributed by atoms with Gasteiger partial charge in [-0.2, -0.15) is 0 Å². The number of aromatic amines is 1. The van der Waals surface area contributed by atoms with E-state index in [4.69, 9.17) is 4.98 Å². The summed E-state index contributed by atoms with van der Waals surface area (Å²) in [7, 11) is 0. The van der Waals surface area contributed by atoms with Crippen LogP contribution >= 0.6 is 0 Å². The van der Waals surface area contributed by atoms with Crippen molar-refractivity contribution in [2.45, 2.75) is 18.9 Å². The fraction of sp³-hybridized carbons (Fsp3) is 0.240. The number of rotatable bonds is 3. The van der Waals surface area contributed by atoms with Gasteiger partial charge in [-0.15, -0.1) is 0 Å². The molecule has 0 aliphatic carbocycles. The lowest BCUT2D eigenvalue weighted by molar-refractivity contribution is -0.135. The summed E-state index contributed by atoms with van der Waals surface area (Å²) in [6.45, 7) is 4.45. The smallest absolute Gasteiger partial charge is 0.326 e. The summed E-state index contributed by atoms with van der Waals surface area (Å²) in [5.74, 6) is -0.297. The van der Waals surface area contributed by atoms with Gasteiger partial charge >= 0.3 is 6.03 Å². The van der Waals surface area contributed by atoms with E-state index < -0.39 is 6.61 Å². The van der Waals surface area contributed by atoms with E-state index in [1.165, 1.54) is 0 Å². The first-order chi connectivity index (χ1) is 17.0. The molecule has 1 saturated heterocycles. The van der Waals surface area contributed by atoms with Crippen molar-refractivity contribution in [1.29, 1.82) is 0 Å². The van der Waals surface area contributed by atoms with Gasteiger partial charge in [-0.1, -0.05) is 6.58 Å². The summed E-state index contributed by atoms with van der Waals surface area (Å²) in [6.07, 6.45) is 6.50. The molecular formula is C25H23N7O3. The van der Waals surface area contributed by atoms with Crippen molar-refractivity contribution < 1.29 is 14.7 Å². The van der Waals surface area contributed by atoms with E-state index in [1.807, 2.05) is 30.5 Å². The zero-order valence-corrected chi connectivity index (χ0v) is 18.9. The molecule has 6 rings (SSSR count). The lowest BCUT2D eigenvalue weighted by Crippen LogP contribution is -2.54. The number of H-pyrrole nitrogens is 1. The molecule has 0 radical (unpaired) electrons. The van der Waals surface area contributed by atoms with Gasteiger partial charge in [0, 0.05) is 59.9 Å². The second kappa shape index (κ2) is 8.17. The highest BCUT2D eigenvalue weighted by Gasteiger charge is 2.36.